The van der Waals surface area contributed by atoms with Crippen LogP contribution in [0.15, 0.2) is 0 Å². The standard InChI is InChI=1S/C14H24O3S2/c15-7-9-1-5-13(18-9)11-3-4-12(17-11)14-6-2-10(8-16)19-14/h9-16H,1-8H2. The van der Waals surface area contributed by atoms with Crippen molar-refractivity contribution in [1.29, 1.82) is 0 Å². The summed E-state index contributed by atoms with van der Waals surface area (Å²) in [4.78, 5) is 0. The van der Waals surface area contributed by atoms with Gasteiger partial charge < -0.3 is 14.9 Å². The third kappa shape index (κ3) is 3.26. The number of ether oxygens (including phenoxy) is 1. The van der Waals surface area contributed by atoms with Crippen molar-refractivity contribution in [1.82, 2.24) is 0 Å². The lowest BCUT2D eigenvalue weighted by atomic mass is 10.1. The molecule has 110 valence electrons. The van der Waals surface area contributed by atoms with Crippen molar-refractivity contribution in [3.63, 3.8) is 0 Å². The Balaban J connectivity index is 1.48. The molecule has 0 bridgehead atoms. The first kappa shape index (κ1) is 14.5. The van der Waals surface area contributed by atoms with E-state index in [0.29, 0.717) is 46.4 Å². The van der Waals surface area contributed by atoms with Crippen molar-refractivity contribution in [2.75, 3.05) is 13.2 Å². The van der Waals surface area contributed by atoms with E-state index in [1.54, 1.807) is 0 Å². The van der Waals surface area contributed by atoms with Gasteiger partial charge in [0.05, 0.1) is 25.4 Å². The lowest BCUT2D eigenvalue weighted by molar-refractivity contribution is 0.0425. The molecule has 3 saturated heterocycles. The summed E-state index contributed by atoms with van der Waals surface area (Å²) < 4.78 is 6.31. The minimum Gasteiger partial charge on any atom is -0.395 e. The molecule has 3 heterocycles. The molecule has 5 heteroatoms. The van der Waals surface area contributed by atoms with Crippen molar-refractivity contribution in [3.8, 4) is 0 Å². The minimum atomic E-state index is 0.313. The van der Waals surface area contributed by atoms with Crippen LogP contribution >= 0.6 is 23.5 Å². The van der Waals surface area contributed by atoms with E-state index >= 15 is 0 Å². The Morgan fingerprint density at radius 2 is 1.21 bits per heavy atom. The van der Waals surface area contributed by atoms with E-state index in [-0.39, 0.29) is 0 Å². The molecule has 0 aromatic carbocycles. The first-order chi connectivity index (χ1) is 9.30. The average molecular weight is 304 g/mol. The van der Waals surface area contributed by atoms with Crippen molar-refractivity contribution < 1.29 is 14.9 Å². The van der Waals surface area contributed by atoms with Crippen LogP contribution < -0.4 is 0 Å². The highest BCUT2D eigenvalue weighted by molar-refractivity contribution is 8.01. The Labute approximate surface area is 123 Å². The molecule has 0 saturated carbocycles. The summed E-state index contributed by atoms with van der Waals surface area (Å²) >= 11 is 3.87. The maximum absolute atomic E-state index is 9.22. The van der Waals surface area contributed by atoms with Gasteiger partial charge in [-0.15, -0.1) is 0 Å². The number of hydrogen-bond donors (Lipinski definition) is 2. The highest BCUT2D eigenvalue weighted by atomic mass is 32.2. The van der Waals surface area contributed by atoms with Gasteiger partial charge in [-0.25, -0.2) is 0 Å². The van der Waals surface area contributed by atoms with Crippen molar-refractivity contribution in [3.05, 3.63) is 0 Å². The predicted molar refractivity (Wildman–Crippen MR) is 80.9 cm³/mol. The van der Waals surface area contributed by atoms with Crippen LogP contribution in [-0.2, 0) is 4.74 Å². The summed E-state index contributed by atoms with van der Waals surface area (Å²) in [6.07, 6.45) is 7.85. The largest absolute Gasteiger partial charge is 0.395 e. The van der Waals surface area contributed by atoms with E-state index in [9.17, 15) is 10.2 Å². The Hall–Kier alpha value is 0.580. The molecular weight excluding hydrogens is 280 g/mol. The minimum absolute atomic E-state index is 0.313. The lowest BCUT2D eigenvalue weighted by Crippen LogP contribution is -2.26. The fourth-order valence-electron chi connectivity index (χ4n) is 3.52. The van der Waals surface area contributed by atoms with Gasteiger partial charge >= 0.3 is 0 Å². The van der Waals surface area contributed by atoms with Gasteiger partial charge in [0.1, 0.15) is 0 Å². The number of aliphatic hydroxyl groups is 2. The van der Waals surface area contributed by atoms with E-state index in [4.69, 9.17) is 4.74 Å². The van der Waals surface area contributed by atoms with Gasteiger partial charge in [0.15, 0.2) is 0 Å². The number of hydrogen-bond acceptors (Lipinski definition) is 5. The van der Waals surface area contributed by atoms with Gasteiger partial charge in [0.2, 0.25) is 0 Å². The van der Waals surface area contributed by atoms with Crippen LogP contribution in [0.1, 0.15) is 38.5 Å². The molecular formula is C14H24O3S2. The number of aliphatic hydroxyl groups excluding tert-OH is 2. The van der Waals surface area contributed by atoms with Crippen LogP contribution in [0, 0.1) is 0 Å². The van der Waals surface area contributed by atoms with Crippen LogP contribution in [0.2, 0.25) is 0 Å². The molecule has 19 heavy (non-hydrogen) atoms. The Morgan fingerprint density at radius 3 is 1.58 bits per heavy atom. The molecule has 3 nitrogen and oxygen atoms in total. The third-order valence-corrected chi connectivity index (χ3v) is 7.92. The Morgan fingerprint density at radius 1 is 0.737 bits per heavy atom. The molecule has 0 amide bonds. The molecule has 0 aliphatic carbocycles. The summed E-state index contributed by atoms with van der Waals surface area (Å²) in [5.41, 5.74) is 0. The van der Waals surface area contributed by atoms with E-state index in [2.05, 4.69) is 0 Å². The summed E-state index contributed by atoms with van der Waals surface area (Å²) in [5, 5.41) is 20.5. The molecule has 0 radical (unpaired) electrons. The second-order valence-corrected chi connectivity index (χ2v) is 8.99. The SMILES string of the molecule is OCC1CCC(C2CCC(C3CCC(CO)S3)O2)S1. The highest BCUT2D eigenvalue weighted by Gasteiger charge is 2.41. The van der Waals surface area contributed by atoms with Crippen molar-refractivity contribution in [2.45, 2.75) is 71.7 Å². The second-order valence-electron chi connectivity index (χ2n) is 5.90. The van der Waals surface area contributed by atoms with Crippen LogP contribution in [-0.4, -0.2) is 56.6 Å². The van der Waals surface area contributed by atoms with Gasteiger partial charge in [0.25, 0.3) is 0 Å². The first-order valence-electron chi connectivity index (χ1n) is 7.48. The zero-order chi connectivity index (χ0) is 13.2. The normalized spacial score (nSPS) is 47.1. The zero-order valence-corrected chi connectivity index (χ0v) is 12.9. The van der Waals surface area contributed by atoms with Crippen LogP contribution in [0.4, 0.5) is 0 Å². The van der Waals surface area contributed by atoms with Crippen LogP contribution in [0.5, 0.6) is 0 Å². The fraction of sp³-hybridized carbons (Fsp3) is 1.00. The topological polar surface area (TPSA) is 49.7 Å². The molecule has 0 aromatic rings. The molecule has 6 atom stereocenters. The quantitative estimate of drug-likeness (QED) is 0.832. The van der Waals surface area contributed by atoms with Crippen molar-refractivity contribution >= 4 is 23.5 Å². The molecule has 3 aliphatic heterocycles. The van der Waals surface area contributed by atoms with Gasteiger partial charge in [-0.05, 0) is 38.5 Å². The molecule has 3 aliphatic rings. The smallest absolute Gasteiger partial charge is 0.0699 e. The molecule has 2 N–H and O–H groups in total. The Bertz CT molecular complexity index is 274. The van der Waals surface area contributed by atoms with Gasteiger partial charge in [-0.3, -0.25) is 0 Å². The summed E-state index contributed by atoms with van der Waals surface area (Å²) in [6, 6.07) is 0. The molecule has 0 spiro atoms. The van der Waals surface area contributed by atoms with E-state index < -0.39 is 0 Å². The van der Waals surface area contributed by atoms with Crippen molar-refractivity contribution in [2.24, 2.45) is 0 Å². The number of thioether (sulfide) groups is 2. The monoisotopic (exact) mass is 304 g/mol. The van der Waals surface area contributed by atoms with Crippen LogP contribution in [0.3, 0.4) is 0 Å². The highest BCUT2D eigenvalue weighted by Crippen LogP contribution is 2.44. The molecule has 0 aromatic heterocycles. The first-order valence-corrected chi connectivity index (χ1v) is 9.36. The van der Waals surface area contributed by atoms with Gasteiger partial charge in [-0.2, -0.15) is 23.5 Å². The lowest BCUT2D eigenvalue weighted by Gasteiger charge is -2.22. The molecule has 3 rings (SSSR count). The van der Waals surface area contributed by atoms with Crippen LogP contribution in [0.25, 0.3) is 0 Å². The van der Waals surface area contributed by atoms with E-state index in [0.717, 1.165) is 12.8 Å². The summed E-state index contributed by atoms with van der Waals surface area (Å²) in [5.74, 6) is 0. The second kappa shape index (κ2) is 6.56. The summed E-state index contributed by atoms with van der Waals surface area (Å²) in [6.45, 7) is 0.627. The van der Waals surface area contributed by atoms with E-state index in [1.165, 1.54) is 25.7 Å². The molecule has 3 fully saturated rings. The van der Waals surface area contributed by atoms with E-state index in [1.807, 2.05) is 23.5 Å². The fourth-order valence-corrected chi connectivity index (χ4v) is 6.52. The number of rotatable bonds is 4. The average Bonchev–Trinajstić information content (AvgIpc) is 3.16. The van der Waals surface area contributed by atoms with Gasteiger partial charge in [-0.1, -0.05) is 0 Å². The predicted octanol–water partition coefficient (Wildman–Crippen LogP) is 2.05. The zero-order valence-electron chi connectivity index (χ0n) is 11.2. The third-order valence-electron chi connectivity index (χ3n) is 4.60. The van der Waals surface area contributed by atoms with Gasteiger partial charge in [0, 0.05) is 21.0 Å². The maximum atomic E-state index is 9.22. The maximum Gasteiger partial charge on any atom is 0.0699 e. The molecule has 6 unspecified atom stereocenters. The Kier molecular flexibility index (Phi) is 5.01. The summed E-state index contributed by atoms with van der Waals surface area (Å²) in [7, 11) is 0.